The molecule has 0 radical (unpaired) electrons. The molecule has 7 heteroatoms. The van der Waals surface area contributed by atoms with Crippen molar-refractivity contribution in [3.63, 3.8) is 0 Å². The van der Waals surface area contributed by atoms with E-state index in [-0.39, 0.29) is 18.6 Å². The van der Waals surface area contributed by atoms with E-state index in [1.807, 2.05) is 48.5 Å². The van der Waals surface area contributed by atoms with Crippen molar-refractivity contribution in [2.24, 2.45) is 5.10 Å². The molecule has 3 aromatic rings. The maximum absolute atomic E-state index is 13.2. The number of fused-ring (bicyclic) bond motifs is 1. The van der Waals surface area contributed by atoms with Gasteiger partial charge in [0, 0.05) is 6.42 Å². The smallest absolute Gasteiger partial charge is 0.281 e. The van der Waals surface area contributed by atoms with Crippen LogP contribution in [0.3, 0.4) is 0 Å². The number of hydrazone groups is 1. The summed E-state index contributed by atoms with van der Waals surface area (Å²) in [6.07, 6.45) is 4.13. The van der Waals surface area contributed by atoms with Gasteiger partial charge in [0.05, 0.1) is 25.2 Å². The van der Waals surface area contributed by atoms with Crippen LogP contribution in [0.2, 0.25) is 0 Å². The minimum absolute atomic E-state index is 0.150. The van der Waals surface area contributed by atoms with Gasteiger partial charge in [-0.05, 0) is 78.4 Å². The molecule has 5 rings (SSSR count). The van der Waals surface area contributed by atoms with Gasteiger partial charge >= 0.3 is 0 Å². The molecule has 170 valence electrons. The Morgan fingerprint density at radius 3 is 2.79 bits per heavy atom. The summed E-state index contributed by atoms with van der Waals surface area (Å²) in [5.41, 5.74) is 3.60. The van der Waals surface area contributed by atoms with Crippen LogP contribution in [0, 0.1) is 0 Å². The van der Waals surface area contributed by atoms with E-state index in [9.17, 15) is 9.90 Å². The number of aliphatic hydroxyl groups is 1. The molecule has 0 saturated heterocycles. The molecule has 0 fully saturated rings. The van der Waals surface area contributed by atoms with Crippen molar-refractivity contribution in [3.8, 4) is 11.5 Å². The molecular formula is C26H26N2O5. The second kappa shape index (κ2) is 9.11. The summed E-state index contributed by atoms with van der Waals surface area (Å²) in [6.45, 7) is -0.150. The Labute approximate surface area is 192 Å². The van der Waals surface area contributed by atoms with Crippen LogP contribution in [-0.4, -0.2) is 35.5 Å². The highest BCUT2D eigenvalue weighted by Gasteiger charge is 2.35. The van der Waals surface area contributed by atoms with Gasteiger partial charge in [0.15, 0.2) is 6.61 Å². The van der Waals surface area contributed by atoms with Crippen LogP contribution >= 0.6 is 0 Å². The first-order valence-corrected chi connectivity index (χ1v) is 11.1. The minimum atomic E-state index is -0.480. The fourth-order valence-electron chi connectivity index (χ4n) is 4.53. The minimum Gasteiger partial charge on any atom is -0.497 e. The highest BCUT2D eigenvalue weighted by molar-refractivity contribution is 6.03. The van der Waals surface area contributed by atoms with Crippen LogP contribution < -0.4 is 9.47 Å². The van der Waals surface area contributed by atoms with Gasteiger partial charge in [-0.1, -0.05) is 12.1 Å². The fraction of sp³-hybridized carbons (Fsp3) is 0.308. The summed E-state index contributed by atoms with van der Waals surface area (Å²) in [5, 5.41) is 16.4. The standard InChI is InChI=1S/C26H26N2O5/c1-31-18-12-10-17(11-13-18)21-15-22(25-9-4-14-32-25)28(27-21)26(30)16-33-24-8-3-5-19-20(24)6-2-7-23(19)29/h3-5,8-14,22-23,29H,2,6-7,15-16H2,1H3/t22-,23-/m1/s1. The Morgan fingerprint density at radius 2 is 2.03 bits per heavy atom. The van der Waals surface area contributed by atoms with E-state index in [0.717, 1.165) is 47.4 Å². The number of ether oxygens (including phenoxy) is 2. The zero-order valence-electron chi connectivity index (χ0n) is 18.4. The van der Waals surface area contributed by atoms with Crippen molar-refractivity contribution >= 4 is 11.6 Å². The number of carbonyl (C=O) groups excluding carboxylic acids is 1. The zero-order chi connectivity index (χ0) is 22.8. The molecule has 0 bridgehead atoms. The van der Waals surface area contributed by atoms with Crippen molar-refractivity contribution < 1.29 is 23.8 Å². The predicted molar refractivity (Wildman–Crippen MR) is 122 cm³/mol. The molecule has 33 heavy (non-hydrogen) atoms. The van der Waals surface area contributed by atoms with Crippen molar-refractivity contribution in [1.82, 2.24) is 5.01 Å². The molecule has 2 aliphatic rings. The van der Waals surface area contributed by atoms with Gasteiger partial charge < -0.3 is 19.0 Å². The number of amides is 1. The van der Waals surface area contributed by atoms with Crippen molar-refractivity contribution in [1.29, 1.82) is 0 Å². The number of hydrogen-bond donors (Lipinski definition) is 1. The SMILES string of the molecule is COc1ccc(C2=NN(C(=O)COc3cccc4c3CCC[C@H]4O)[C@@H](c3ccco3)C2)cc1. The summed E-state index contributed by atoms with van der Waals surface area (Å²) in [7, 11) is 1.63. The number of rotatable bonds is 6. The lowest BCUT2D eigenvalue weighted by Gasteiger charge is -2.24. The molecule has 1 aliphatic carbocycles. The van der Waals surface area contributed by atoms with Crippen LogP contribution in [0.5, 0.6) is 11.5 Å². The second-order valence-corrected chi connectivity index (χ2v) is 8.27. The zero-order valence-corrected chi connectivity index (χ0v) is 18.4. The average molecular weight is 447 g/mol. The summed E-state index contributed by atoms with van der Waals surface area (Å²) >= 11 is 0. The van der Waals surface area contributed by atoms with Crippen molar-refractivity contribution in [2.75, 3.05) is 13.7 Å². The Hall–Kier alpha value is -3.58. The molecule has 0 spiro atoms. The average Bonchev–Trinajstić information content (AvgIpc) is 3.53. The van der Waals surface area contributed by atoms with E-state index >= 15 is 0 Å². The third-order valence-corrected chi connectivity index (χ3v) is 6.24. The first-order chi connectivity index (χ1) is 16.1. The monoisotopic (exact) mass is 446 g/mol. The van der Waals surface area contributed by atoms with Gasteiger partial charge in [-0.25, -0.2) is 5.01 Å². The highest BCUT2D eigenvalue weighted by atomic mass is 16.5. The van der Waals surface area contributed by atoms with E-state index in [1.54, 1.807) is 19.4 Å². The molecular weight excluding hydrogens is 420 g/mol. The lowest BCUT2D eigenvalue weighted by molar-refractivity contribution is -0.135. The number of aliphatic hydroxyl groups excluding tert-OH is 1. The number of methoxy groups -OCH3 is 1. The lowest BCUT2D eigenvalue weighted by Crippen LogP contribution is -2.31. The summed E-state index contributed by atoms with van der Waals surface area (Å²) in [4.78, 5) is 13.2. The highest BCUT2D eigenvalue weighted by Crippen LogP contribution is 2.36. The quantitative estimate of drug-likeness (QED) is 0.606. The summed E-state index contributed by atoms with van der Waals surface area (Å²) in [5.74, 6) is 1.83. The van der Waals surface area contributed by atoms with E-state index in [0.29, 0.717) is 17.9 Å². The van der Waals surface area contributed by atoms with Gasteiger partial charge in [-0.3, -0.25) is 4.79 Å². The van der Waals surface area contributed by atoms with E-state index in [2.05, 4.69) is 5.10 Å². The third kappa shape index (κ3) is 4.24. The molecule has 0 unspecified atom stereocenters. The first-order valence-electron chi connectivity index (χ1n) is 11.1. The first kappa shape index (κ1) is 21.3. The van der Waals surface area contributed by atoms with Crippen LogP contribution in [0.1, 0.15) is 53.9 Å². The largest absolute Gasteiger partial charge is 0.497 e. The van der Waals surface area contributed by atoms with Crippen LogP contribution in [0.4, 0.5) is 0 Å². The molecule has 1 N–H and O–H groups in total. The molecule has 2 heterocycles. The molecule has 1 amide bonds. The van der Waals surface area contributed by atoms with Crippen molar-refractivity contribution in [3.05, 3.63) is 83.3 Å². The fourth-order valence-corrected chi connectivity index (χ4v) is 4.53. The van der Waals surface area contributed by atoms with Gasteiger partial charge in [-0.15, -0.1) is 0 Å². The van der Waals surface area contributed by atoms with Gasteiger partial charge in [0.1, 0.15) is 23.3 Å². The van der Waals surface area contributed by atoms with Crippen LogP contribution in [0.15, 0.2) is 70.4 Å². The predicted octanol–water partition coefficient (Wildman–Crippen LogP) is 4.41. The molecule has 7 nitrogen and oxygen atoms in total. The molecule has 1 aliphatic heterocycles. The summed E-state index contributed by atoms with van der Waals surface area (Å²) < 4.78 is 16.8. The van der Waals surface area contributed by atoms with Gasteiger partial charge in [0.2, 0.25) is 0 Å². The summed E-state index contributed by atoms with van der Waals surface area (Å²) in [6, 6.07) is 16.6. The Balaban J connectivity index is 1.36. The normalized spacial score (nSPS) is 19.7. The topological polar surface area (TPSA) is 84.5 Å². The number of carbonyl (C=O) groups is 1. The maximum atomic E-state index is 13.2. The Morgan fingerprint density at radius 1 is 1.18 bits per heavy atom. The molecule has 2 aromatic carbocycles. The molecule has 0 saturated carbocycles. The number of nitrogens with zero attached hydrogens (tertiary/aromatic N) is 2. The lowest BCUT2D eigenvalue weighted by atomic mass is 9.89. The van der Waals surface area contributed by atoms with Crippen molar-refractivity contribution in [2.45, 2.75) is 37.8 Å². The molecule has 1 aromatic heterocycles. The van der Waals surface area contributed by atoms with E-state index in [4.69, 9.17) is 13.9 Å². The molecule has 2 atom stereocenters. The van der Waals surface area contributed by atoms with Gasteiger partial charge in [0.25, 0.3) is 5.91 Å². The van der Waals surface area contributed by atoms with E-state index < -0.39 is 6.10 Å². The number of benzene rings is 2. The van der Waals surface area contributed by atoms with Gasteiger partial charge in [-0.2, -0.15) is 5.10 Å². The third-order valence-electron chi connectivity index (χ3n) is 6.24. The Kier molecular flexibility index (Phi) is 5.88. The maximum Gasteiger partial charge on any atom is 0.281 e. The Bertz CT molecular complexity index is 1150. The number of furan rings is 1. The second-order valence-electron chi connectivity index (χ2n) is 8.27. The number of hydrogen-bond acceptors (Lipinski definition) is 6. The van der Waals surface area contributed by atoms with E-state index in [1.165, 1.54) is 5.01 Å². The van der Waals surface area contributed by atoms with Crippen LogP contribution in [-0.2, 0) is 11.2 Å². The van der Waals surface area contributed by atoms with Crippen LogP contribution in [0.25, 0.3) is 0 Å².